The van der Waals surface area contributed by atoms with Crippen LogP contribution in [0.4, 0.5) is 0 Å². The van der Waals surface area contributed by atoms with Gasteiger partial charge in [0.2, 0.25) is 0 Å². The third-order valence-corrected chi connectivity index (χ3v) is 5.01. The second-order valence-electron chi connectivity index (χ2n) is 4.75. The van der Waals surface area contributed by atoms with E-state index in [9.17, 15) is 8.42 Å². The average molecular weight is 292 g/mol. The van der Waals surface area contributed by atoms with E-state index in [0.717, 1.165) is 19.3 Å². The van der Waals surface area contributed by atoms with Crippen molar-refractivity contribution in [2.75, 3.05) is 0 Å². The largest absolute Gasteiger partial charge is 0.269 e. The van der Waals surface area contributed by atoms with Gasteiger partial charge in [-0.05, 0) is 30.5 Å². The fraction of sp³-hybridized carbons (Fsp3) is 0.400. The van der Waals surface area contributed by atoms with Crippen molar-refractivity contribution >= 4 is 10.0 Å². The number of imidazole rings is 1. The predicted molar refractivity (Wildman–Crippen MR) is 79.2 cm³/mol. The molecule has 0 atom stereocenters. The summed E-state index contributed by atoms with van der Waals surface area (Å²) in [6.45, 7) is 4.03. The molecule has 0 fully saturated rings. The van der Waals surface area contributed by atoms with Crippen LogP contribution in [-0.4, -0.2) is 17.4 Å². The SMILES string of the molecule is CCCCc1ccc(S(=O)(=O)n2ccnc2CC)cc1. The maximum Gasteiger partial charge on any atom is 0.269 e. The summed E-state index contributed by atoms with van der Waals surface area (Å²) in [6.07, 6.45) is 6.84. The molecule has 0 amide bonds. The van der Waals surface area contributed by atoms with Gasteiger partial charge in [0.15, 0.2) is 0 Å². The van der Waals surface area contributed by atoms with Gasteiger partial charge in [0.1, 0.15) is 5.82 Å². The van der Waals surface area contributed by atoms with Crippen LogP contribution in [-0.2, 0) is 22.9 Å². The zero-order chi connectivity index (χ0) is 14.6. The molecule has 0 saturated heterocycles. The standard InChI is InChI=1S/C15H20N2O2S/c1-3-5-6-13-7-9-14(10-8-13)20(18,19)17-12-11-16-15(17)4-2/h7-12H,3-6H2,1-2H3. The zero-order valence-electron chi connectivity index (χ0n) is 11.9. The van der Waals surface area contributed by atoms with Gasteiger partial charge >= 0.3 is 0 Å². The van der Waals surface area contributed by atoms with Crippen LogP contribution in [0.1, 0.15) is 38.1 Å². The van der Waals surface area contributed by atoms with E-state index in [1.807, 2.05) is 19.1 Å². The minimum absolute atomic E-state index is 0.311. The van der Waals surface area contributed by atoms with Gasteiger partial charge in [0.25, 0.3) is 10.0 Å². The molecule has 1 heterocycles. The zero-order valence-corrected chi connectivity index (χ0v) is 12.7. The lowest BCUT2D eigenvalue weighted by Gasteiger charge is -2.09. The Hall–Kier alpha value is -1.62. The molecule has 0 bridgehead atoms. The predicted octanol–water partition coefficient (Wildman–Crippen LogP) is 3.03. The summed E-state index contributed by atoms with van der Waals surface area (Å²) in [7, 11) is -3.52. The highest BCUT2D eigenvalue weighted by molar-refractivity contribution is 7.90. The number of hydrogen-bond acceptors (Lipinski definition) is 3. The monoisotopic (exact) mass is 292 g/mol. The lowest BCUT2D eigenvalue weighted by molar-refractivity contribution is 0.584. The van der Waals surface area contributed by atoms with Gasteiger partial charge in [-0.15, -0.1) is 0 Å². The van der Waals surface area contributed by atoms with Crippen molar-refractivity contribution in [2.45, 2.75) is 44.4 Å². The summed E-state index contributed by atoms with van der Waals surface area (Å²) in [5.41, 5.74) is 1.17. The van der Waals surface area contributed by atoms with Gasteiger partial charge in [-0.25, -0.2) is 17.4 Å². The van der Waals surface area contributed by atoms with E-state index in [2.05, 4.69) is 11.9 Å². The number of aryl methyl sites for hydroxylation is 2. The van der Waals surface area contributed by atoms with Gasteiger partial charge in [0.05, 0.1) is 4.90 Å². The molecule has 2 aromatic rings. The van der Waals surface area contributed by atoms with Gasteiger partial charge in [-0.1, -0.05) is 32.4 Å². The number of rotatable bonds is 6. The van der Waals surface area contributed by atoms with E-state index in [1.54, 1.807) is 12.1 Å². The topological polar surface area (TPSA) is 52.0 Å². The van der Waals surface area contributed by atoms with Crippen LogP contribution in [0.3, 0.4) is 0 Å². The Morgan fingerprint density at radius 3 is 2.45 bits per heavy atom. The third kappa shape index (κ3) is 2.93. The first kappa shape index (κ1) is 14.8. The Bertz CT molecular complexity index is 657. The maximum absolute atomic E-state index is 12.5. The van der Waals surface area contributed by atoms with Crippen LogP contribution >= 0.6 is 0 Å². The van der Waals surface area contributed by atoms with Crippen molar-refractivity contribution in [1.29, 1.82) is 0 Å². The molecular weight excluding hydrogens is 272 g/mol. The van der Waals surface area contributed by atoms with Gasteiger partial charge in [-0.2, -0.15) is 0 Å². The molecule has 0 aliphatic carbocycles. The molecule has 0 aliphatic heterocycles. The Kier molecular flexibility index (Phi) is 4.60. The molecule has 5 heteroatoms. The minimum Gasteiger partial charge on any atom is -0.241 e. The summed E-state index contributed by atoms with van der Waals surface area (Å²) in [6, 6.07) is 7.15. The van der Waals surface area contributed by atoms with E-state index in [-0.39, 0.29) is 0 Å². The van der Waals surface area contributed by atoms with Gasteiger partial charge in [0, 0.05) is 18.8 Å². The molecule has 0 radical (unpaired) electrons. The first-order valence-electron chi connectivity index (χ1n) is 6.96. The molecule has 0 unspecified atom stereocenters. The Labute approximate surface area is 120 Å². The first-order valence-corrected chi connectivity index (χ1v) is 8.40. The summed E-state index contributed by atoms with van der Waals surface area (Å²) < 4.78 is 26.3. The normalized spacial score (nSPS) is 11.7. The van der Waals surface area contributed by atoms with Gasteiger partial charge in [-0.3, -0.25) is 0 Å². The molecule has 1 aromatic heterocycles. The quantitative estimate of drug-likeness (QED) is 0.822. The molecule has 2 rings (SSSR count). The first-order chi connectivity index (χ1) is 9.59. The highest BCUT2D eigenvalue weighted by Crippen LogP contribution is 2.17. The van der Waals surface area contributed by atoms with E-state index in [0.29, 0.717) is 17.1 Å². The van der Waals surface area contributed by atoms with Crippen LogP contribution in [0.25, 0.3) is 0 Å². The number of hydrogen-bond donors (Lipinski definition) is 0. The van der Waals surface area contributed by atoms with Crippen molar-refractivity contribution < 1.29 is 8.42 Å². The molecule has 0 spiro atoms. The van der Waals surface area contributed by atoms with E-state index >= 15 is 0 Å². The molecule has 0 saturated carbocycles. The smallest absolute Gasteiger partial charge is 0.241 e. The van der Waals surface area contributed by atoms with E-state index in [1.165, 1.54) is 21.9 Å². The summed E-state index contributed by atoms with van der Waals surface area (Å²) in [4.78, 5) is 4.38. The second kappa shape index (κ2) is 6.22. The van der Waals surface area contributed by atoms with Crippen molar-refractivity contribution in [2.24, 2.45) is 0 Å². The fourth-order valence-electron chi connectivity index (χ4n) is 2.11. The van der Waals surface area contributed by atoms with Crippen molar-refractivity contribution in [1.82, 2.24) is 8.96 Å². The number of aromatic nitrogens is 2. The molecular formula is C15H20N2O2S. The fourth-order valence-corrected chi connectivity index (χ4v) is 3.49. The lowest BCUT2D eigenvalue weighted by Crippen LogP contribution is -2.15. The highest BCUT2D eigenvalue weighted by Gasteiger charge is 2.19. The van der Waals surface area contributed by atoms with Crippen LogP contribution in [0.15, 0.2) is 41.6 Å². The molecule has 0 N–H and O–H groups in total. The summed E-state index contributed by atoms with van der Waals surface area (Å²) >= 11 is 0. The highest BCUT2D eigenvalue weighted by atomic mass is 32.2. The number of benzene rings is 1. The van der Waals surface area contributed by atoms with Crippen molar-refractivity contribution in [3.8, 4) is 0 Å². The molecule has 0 aliphatic rings. The maximum atomic E-state index is 12.5. The third-order valence-electron chi connectivity index (χ3n) is 3.30. The molecule has 108 valence electrons. The Morgan fingerprint density at radius 1 is 1.15 bits per heavy atom. The minimum atomic E-state index is -3.52. The summed E-state index contributed by atoms with van der Waals surface area (Å²) in [5.74, 6) is 0.556. The van der Waals surface area contributed by atoms with E-state index < -0.39 is 10.0 Å². The van der Waals surface area contributed by atoms with Crippen LogP contribution in [0.5, 0.6) is 0 Å². The number of unbranched alkanes of at least 4 members (excludes halogenated alkanes) is 1. The van der Waals surface area contributed by atoms with Crippen LogP contribution in [0, 0.1) is 0 Å². The summed E-state index contributed by atoms with van der Waals surface area (Å²) in [5, 5.41) is 0. The number of nitrogens with zero attached hydrogens (tertiary/aromatic N) is 2. The molecule has 20 heavy (non-hydrogen) atoms. The van der Waals surface area contributed by atoms with Crippen LogP contribution in [0.2, 0.25) is 0 Å². The second-order valence-corrected chi connectivity index (χ2v) is 6.56. The Morgan fingerprint density at radius 2 is 1.85 bits per heavy atom. The van der Waals surface area contributed by atoms with Gasteiger partial charge < -0.3 is 0 Å². The molecule has 1 aromatic carbocycles. The van der Waals surface area contributed by atoms with Crippen molar-refractivity contribution in [3.63, 3.8) is 0 Å². The van der Waals surface area contributed by atoms with Crippen molar-refractivity contribution in [3.05, 3.63) is 48.0 Å². The Balaban J connectivity index is 2.30. The molecule has 4 nitrogen and oxygen atoms in total. The average Bonchev–Trinajstić information content (AvgIpc) is 2.95. The van der Waals surface area contributed by atoms with Crippen LogP contribution < -0.4 is 0 Å². The lowest BCUT2D eigenvalue weighted by atomic mass is 10.1. The van der Waals surface area contributed by atoms with E-state index in [4.69, 9.17) is 0 Å².